The molecule has 1 aromatic carbocycles. The molecule has 0 radical (unpaired) electrons. The topological polar surface area (TPSA) is 80.7 Å². The van der Waals surface area contributed by atoms with Crippen molar-refractivity contribution in [3.63, 3.8) is 0 Å². The van der Waals surface area contributed by atoms with Gasteiger partial charge in [0.2, 0.25) is 0 Å². The lowest BCUT2D eigenvalue weighted by molar-refractivity contribution is 0.0901. The van der Waals surface area contributed by atoms with Crippen molar-refractivity contribution in [2.45, 2.75) is 44.6 Å². The minimum atomic E-state index is -0.113. The molecule has 2 aliphatic rings. The molecule has 3 N–H and O–H groups in total. The van der Waals surface area contributed by atoms with E-state index in [-0.39, 0.29) is 17.4 Å². The zero-order valence-electron chi connectivity index (χ0n) is 15.1. The van der Waals surface area contributed by atoms with E-state index in [0.717, 1.165) is 56.1 Å². The highest BCUT2D eigenvalue weighted by Crippen LogP contribution is 2.44. The molecule has 0 aliphatic heterocycles. The summed E-state index contributed by atoms with van der Waals surface area (Å²) in [6.07, 6.45) is 6.57. The van der Waals surface area contributed by atoms with E-state index >= 15 is 0 Å². The van der Waals surface area contributed by atoms with Gasteiger partial charge in [0, 0.05) is 23.5 Å². The minimum absolute atomic E-state index is 0.0196. The summed E-state index contributed by atoms with van der Waals surface area (Å²) in [4.78, 5) is 15.9. The highest BCUT2D eigenvalue weighted by atomic mass is 16.1. The van der Waals surface area contributed by atoms with E-state index in [9.17, 15) is 10.1 Å². The van der Waals surface area contributed by atoms with Crippen LogP contribution in [-0.2, 0) is 0 Å². The van der Waals surface area contributed by atoms with Gasteiger partial charge in [-0.25, -0.2) is 0 Å². The van der Waals surface area contributed by atoms with E-state index in [1.807, 2.05) is 30.3 Å². The number of hydrogen-bond donors (Lipinski definition) is 3. The Hall–Kier alpha value is -2.32. The summed E-state index contributed by atoms with van der Waals surface area (Å²) in [5.74, 6) is 0.417. The van der Waals surface area contributed by atoms with Crippen LogP contribution in [0.15, 0.2) is 30.3 Å². The molecule has 1 heterocycles. The smallest absolute Gasteiger partial charge is 0.267 e. The average molecular weight is 350 g/mol. The van der Waals surface area contributed by atoms with Gasteiger partial charge in [-0.2, -0.15) is 5.26 Å². The van der Waals surface area contributed by atoms with Crippen LogP contribution in [0.2, 0.25) is 0 Å². The lowest BCUT2D eigenvalue weighted by atomic mass is 9.84. The van der Waals surface area contributed by atoms with Crippen LogP contribution in [0.5, 0.6) is 0 Å². The predicted molar refractivity (Wildman–Crippen MR) is 102 cm³/mol. The van der Waals surface area contributed by atoms with Gasteiger partial charge < -0.3 is 15.6 Å². The highest BCUT2D eigenvalue weighted by molar-refractivity contribution is 5.98. The lowest BCUT2D eigenvalue weighted by Crippen LogP contribution is -2.46. The van der Waals surface area contributed by atoms with E-state index in [1.54, 1.807) is 0 Å². The van der Waals surface area contributed by atoms with Gasteiger partial charge in [0.25, 0.3) is 5.91 Å². The quantitative estimate of drug-likeness (QED) is 0.747. The number of para-hydroxylation sites is 1. The van der Waals surface area contributed by atoms with Gasteiger partial charge in [-0.05, 0) is 50.3 Å². The van der Waals surface area contributed by atoms with Crippen LogP contribution in [0.1, 0.15) is 49.0 Å². The molecule has 2 fully saturated rings. The second kappa shape index (κ2) is 7.13. The number of H-pyrrole nitrogens is 1. The Labute approximate surface area is 154 Å². The molecule has 0 saturated heterocycles. The first-order valence-electron chi connectivity index (χ1n) is 9.70. The number of aromatic amines is 1. The molecule has 26 heavy (non-hydrogen) atoms. The Bertz CT molecular complexity index is 797. The third-order valence-electron chi connectivity index (χ3n) is 5.96. The van der Waals surface area contributed by atoms with Crippen LogP contribution in [0, 0.1) is 22.7 Å². The Morgan fingerprint density at radius 2 is 2.08 bits per heavy atom. The van der Waals surface area contributed by atoms with Gasteiger partial charge in [-0.3, -0.25) is 4.79 Å². The number of carbonyl (C=O) groups excluding carboxylic acids is 1. The molecule has 2 aliphatic carbocycles. The van der Waals surface area contributed by atoms with Gasteiger partial charge in [-0.1, -0.05) is 31.0 Å². The Morgan fingerprint density at radius 1 is 1.27 bits per heavy atom. The summed E-state index contributed by atoms with van der Waals surface area (Å²) in [5.41, 5.74) is 1.51. The summed E-state index contributed by atoms with van der Waals surface area (Å²) in [6, 6.07) is 12.5. The van der Waals surface area contributed by atoms with Crippen molar-refractivity contribution in [3.8, 4) is 6.07 Å². The summed E-state index contributed by atoms with van der Waals surface area (Å²) in [5, 5.41) is 17.0. The van der Waals surface area contributed by atoms with E-state index in [4.69, 9.17) is 0 Å². The van der Waals surface area contributed by atoms with E-state index < -0.39 is 0 Å². The molecular formula is C21H26N4O. The van der Waals surface area contributed by atoms with Gasteiger partial charge in [0.15, 0.2) is 0 Å². The number of hydrogen-bond acceptors (Lipinski definition) is 3. The fourth-order valence-corrected chi connectivity index (χ4v) is 4.06. The van der Waals surface area contributed by atoms with Gasteiger partial charge in [0.05, 0.1) is 11.5 Å². The molecule has 5 heteroatoms. The molecule has 4 rings (SSSR count). The van der Waals surface area contributed by atoms with Crippen molar-refractivity contribution in [3.05, 3.63) is 36.0 Å². The summed E-state index contributed by atoms with van der Waals surface area (Å²) < 4.78 is 0. The van der Waals surface area contributed by atoms with E-state index in [2.05, 4.69) is 21.7 Å². The Balaban J connectivity index is 1.36. The number of nitrogens with zero attached hydrogens (tertiary/aromatic N) is 1. The first-order chi connectivity index (χ1) is 12.7. The van der Waals surface area contributed by atoms with Crippen molar-refractivity contribution in [2.75, 3.05) is 13.1 Å². The van der Waals surface area contributed by atoms with E-state index in [1.165, 1.54) is 6.42 Å². The molecule has 2 aromatic rings. The van der Waals surface area contributed by atoms with Crippen molar-refractivity contribution >= 4 is 16.8 Å². The second-order valence-electron chi connectivity index (χ2n) is 7.92. The van der Waals surface area contributed by atoms with Crippen molar-refractivity contribution in [1.29, 1.82) is 5.26 Å². The molecule has 136 valence electrons. The number of fused-ring (bicyclic) bond motifs is 1. The van der Waals surface area contributed by atoms with Crippen LogP contribution < -0.4 is 10.6 Å². The van der Waals surface area contributed by atoms with Gasteiger partial charge in [-0.15, -0.1) is 0 Å². The normalized spacial score (nSPS) is 24.1. The first kappa shape index (κ1) is 17.1. The Kier molecular flexibility index (Phi) is 4.69. The molecule has 2 atom stereocenters. The molecule has 0 unspecified atom stereocenters. The SMILES string of the molecule is N#CC1(CNC[C@H]2CCCC[C@@H]2NC(=O)c2cc3ccccc3[nH]2)CC1. The van der Waals surface area contributed by atoms with Gasteiger partial charge >= 0.3 is 0 Å². The van der Waals surface area contributed by atoms with Gasteiger partial charge in [0.1, 0.15) is 5.69 Å². The highest BCUT2D eigenvalue weighted by Gasteiger charge is 2.42. The fraction of sp³-hybridized carbons (Fsp3) is 0.524. The number of rotatable bonds is 6. The number of benzene rings is 1. The van der Waals surface area contributed by atoms with Crippen LogP contribution in [-0.4, -0.2) is 30.0 Å². The molecule has 1 amide bonds. The first-order valence-corrected chi connectivity index (χ1v) is 9.70. The lowest BCUT2D eigenvalue weighted by Gasteiger charge is -2.32. The summed E-state index contributed by atoms with van der Waals surface area (Å²) >= 11 is 0. The maximum atomic E-state index is 12.7. The molecule has 1 aromatic heterocycles. The van der Waals surface area contributed by atoms with Crippen molar-refractivity contribution < 1.29 is 4.79 Å². The molecule has 5 nitrogen and oxygen atoms in total. The zero-order valence-corrected chi connectivity index (χ0v) is 15.1. The van der Waals surface area contributed by atoms with E-state index in [0.29, 0.717) is 11.6 Å². The minimum Gasteiger partial charge on any atom is -0.351 e. The molecule has 0 spiro atoms. The number of amides is 1. The third kappa shape index (κ3) is 3.61. The van der Waals surface area contributed by atoms with Crippen LogP contribution in [0.3, 0.4) is 0 Å². The molecule has 2 saturated carbocycles. The largest absolute Gasteiger partial charge is 0.351 e. The van der Waals surface area contributed by atoms with Crippen LogP contribution in [0.4, 0.5) is 0 Å². The van der Waals surface area contributed by atoms with Crippen LogP contribution in [0.25, 0.3) is 10.9 Å². The summed E-state index contributed by atoms with van der Waals surface area (Å²) in [6.45, 7) is 1.66. The van der Waals surface area contributed by atoms with Crippen molar-refractivity contribution in [2.24, 2.45) is 11.3 Å². The Morgan fingerprint density at radius 3 is 2.85 bits per heavy atom. The monoisotopic (exact) mass is 350 g/mol. The maximum absolute atomic E-state index is 12.7. The number of aromatic nitrogens is 1. The maximum Gasteiger partial charge on any atom is 0.267 e. The standard InChI is InChI=1S/C21H26N4O/c22-13-21(9-10-21)14-23-12-16-6-2-4-8-18(16)25-20(26)19-11-15-5-1-3-7-17(15)24-19/h1,3,5,7,11,16,18,23-24H,2,4,6,8-10,12,14H2,(H,25,26)/t16-,18+/m1/s1. The summed E-state index contributed by atoms with van der Waals surface area (Å²) in [7, 11) is 0. The second-order valence-corrected chi connectivity index (χ2v) is 7.92. The number of nitriles is 1. The van der Waals surface area contributed by atoms with Crippen LogP contribution >= 0.6 is 0 Å². The van der Waals surface area contributed by atoms with Crippen molar-refractivity contribution in [1.82, 2.24) is 15.6 Å². The fourth-order valence-electron chi connectivity index (χ4n) is 4.06. The number of carbonyl (C=O) groups is 1. The molecular weight excluding hydrogens is 324 g/mol. The zero-order chi connectivity index (χ0) is 18.0. The number of nitrogens with one attached hydrogen (secondary N) is 3. The average Bonchev–Trinajstić information content (AvgIpc) is 3.31. The molecule has 0 bridgehead atoms. The third-order valence-corrected chi connectivity index (χ3v) is 5.96. The predicted octanol–water partition coefficient (Wildman–Crippen LogP) is 3.35.